The summed E-state index contributed by atoms with van der Waals surface area (Å²) in [5.41, 5.74) is -1.25. The third-order valence-electron chi connectivity index (χ3n) is 5.67. The number of thioether (sulfide) groups is 1. The highest BCUT2D eigenvalue weighted by Gasteiger charge is 2.53. The van der Waals surface area contributed by atoms with E-state index in [2.05, 4.69) is 17.6 Å². The summed E-state index contributed by atoms with van der Waals surface area (Å²) in [4.78, 5) is 53.3. The van der Waals surface area contributed by atoms with Crippen molar-refractivity contribution in [3.05, 3.63) is 0 Å². The van der Waals surface area contributed by atoms with E-state index >= 15 is 0 Å². The molecule has 2 aliphatic heterocycles. The first-order valence-corrected chi connectivity index (χ1v) is 11.0. The molecule has 3 fully saturated rings. The Morgan fingerprint density at radius 2 is 1.89 bits per heavy atom. The molecule has 0 aromatic carbocycles. The number of urea groups is 1. The minimum atomic E-state index is -0.855. The molecule has 1 aliphatic carbocycles. The van der Waals surface area contributed by atoms with Crippen molar-refractivity contribution in [1.82, 2.24) is 20.4 Å². The molecule has 0 aromatic heterocycles. The lowest BCUT2D eigenvalue weighted by Crippen LogP contribution is -2.54. The van der Waals surface area contributed by atoms with Crippen LogP contribution in [0.5, 0.6) is 0 Å². The van der Waals surface area contributed by atoms with Gasteiger partial charge in [-0.2, -0.15) is 0 Å². The number of amides is 5. The minimum Gasteiger partial charge on any atom is -0.350 e. The molecule has 156 valence electrons. The van der Waals surface area contributed by atoms with Crippen molar-refractivity contribution in [2.75, 3.05) is 18.2 Å². The molecule has 0 radical (unpaired) electrons. The monoisotopic (exact) mass is 410 g/mol. The largest absolute Gasteiger partial charge is 0.350 e. The third-order valence-corrected chi connectivity index (χ3v) is 6.68. The first kappa shape index (κ1) is 21.0. The lowest BCUT2D eigenvalue weighted by atomic mass is 9.77. The van der Waals surface area contributed by atoms with Gasteiger partial charge < -0.3 is 15.5 Å². The van der Waals surface area contributed by atoms with Crippen LogP contribution in [-0.2, 0) is 14.4 Å². The van der Waals surface area contributed by atoms with Crippen molar-refractivity contribution >= 4 is 35.5 Å². The van der Waals surface area contributed by atoms with Gasteiger partial charge in [-0.15, -0.1) is 11.8 Å². The summed E-state index contributed by atoms with van der Waals surface area (Å²) in [6, 6.07) is -1.09. The van der Waals surface area contributed by atoms with Crippen molar-refractivity contribution in [3.8, 4) is 0 Å². The van der Waals surface area contributed by atoms with Crippen molar-refractivity contribution in [2.24, 2.45) is 5.92 Å². The Balaban J connectivity index is 1.66. The van der Waals surface area contributed by atoms with E-state index in [1.165, 1.54) is 16.7 Å². The molecule has 3 aliphatic rings. The zero-order chi connectivity index (χ0) is 20.7. The van der Waals surface area contributed by atoms with E-state index in [0.717, 1.165) is 17.7 Å². The fourth-order valence-electron chi connectivity index (χ4n) is 4.00. The quantitative estimate of drug-likeness (QED) is 0.684. The maximum absolute atomic E-state index is 12.9. The van der Waals surface area contributed by atoms with Gasteiger partial charge >= 0.3 is 6.03 Å². The molecule has 1 saturated carbocycles. The molecule has 0 bridgehead atoms. The molecule has 2 heterocycles. The molecule has 1 spiro atoms. The van der Waals surface area contributed by atoms with Crippen LogP contribution >= 0.6 is 11.8 Å². The molecule has 2 N–H and O–H groups in total. The lowest BCUT2D eigenvalue weighted by Gasteiger charge is -2.33. The number of imide groups is 1. The number of rotatable bonds is 3. The van der Waals surface area contributed by atoms with Crippen LogP contribution in [0.1, 0.15) is 53.4 Å². The van der Waals surface area contributed by atoms with Gasteiger partial charge in [0.25, 0.3) is 5.91 Å². The van der Waals surface area contributed by atoms with E-state index in [1.807, 2.05) is 20.8 Å². The summed E-state index contributed by atoms with van der Waals surface area (Å²) in [6.07, 6.45) is 2.98. The van der Waals surface area contributed by atoms with E-state index < -0.39 is 23.2 Å². The van der Waals surface area contributed by atoms with Gasteiger partial charge in [0.2, 0.25) is 11.8 Å². The molecular weight excluding hydrogens is 380 g/mol. The molecule has 3 rings (SSSR count). The Kier molecular flexibility index (Phi) is 5.67. The SMILES string of the molecule is CC1CCC2(CC1)NC(=O)N(CC(=O)N1CSCC1C(=O)NC(C)(C)C)C2=O. The normalized spacial score (nSPS) is 30.7. The summed E-state index contributed by atoms with van der Waals surface area (Å²) in [5.74, 6) is 0.544. The van der Waals surface area contributed by atoms with Crippen LogP contribution in [0.4, 0.5) is 4.79 Å². The topological polar surface area (TPSA) is 98.8 Å². The molecule has 1 atom stereocenters. The summed E-state index contributed by atoms with van der Waals surface area (Å²) >= 11 is 1.49. The fourth-order valence-corrected chi connectivity index (χ4v) is 5.18. The van der Waals surface area contributed by atoms with Gasteiger partial charge in [-0.25, -0.2) is 4.79 Å². The van der Waals surface area contributed by atoms with Gasteiger partial charge in [0, 0.05) is 11.3 Å². The zero-order valence-corrected chi connectivity index (χ0v) is 17.9. The molecular formula is C19H30N4O4S. The van der Waals surface area contributed by atoms with E-state index in [1.54, 1.807) is 0 Å². The summed E-state index contributed by atoms with van der Waals surface area (Å²) in [5, 5.41) is 5.73. The molecule has 28 heavy (non-hydrogen) atoms. The molecule has 8 nitrogen and oxygen atoms in total. The number of hydrogen-bond acceptors (Lipinski definition) is 5. The van der Waals surface area contributed by atoms with E-state index in [-0.39, 0.29) is 24.3 Å². The van der Waals surface area contributed by atoms with E-state index in [4.69, 9.17) is 0 Å². The van der Waals surface area contributed by atoms with Crippen molar-refractivity contribution in [2.45, 2.75) is 70.5 Å². The van der Waals surface area contributed by atoms with E-state index in [9.17, 15) is 19.2 Å². The Morgan fingerprint density at radius 1 is 1.25 bits per heavy atom. The third kappa shape index (κ3) is 4.14. The first-order valence-electron chi connectivity index (χ1n) is 9.86. The predicted octanol–water partition coefficient (Wildman–Crippen LogP) is 1.30. The molecule has 5 amide bonds. The first-order chi connectivity index (χ1) is 13.0. The number of carbonyl (C=O) groups excluding carboxylic acids is 4. The fraction of sp³-hybridized carbons (Fsp3) is 0.789. The Labute approximate surface area is 170 Å². The van der Waals surface area contributed by atoms with Crippen LogP contribution in [0, 0.1) is 5.92 Å². The highest BCUT2D eigenvalue weighted by atomic mass is 32.2. The van der Waals surface area contributed by atoms with Crippen LogP contribution in [0.3, 0.4) is 0 Å². The second-order valence-corrected chi connectivity index (χ2v) is 10.2. The van der Waals surface area contributed by atoms with Gasteiger partial charge in [-0.1, -0.05) is 6.92 Å². The lowest BCUT2D eigenvalue weighted by molar-refractivity contribution is -0.142. The predicted molar refractivity (Wildman–Crippen MR) is 106 cm³/mol. The van der Waals surface area contributed by atoms with Crippen LogP contribution in [0.15, 0.2) is 0 Å². The van der Waals surface area contributed by atoms with E-state index in [0.29, 0.717) is 30.4 Å². The van der Waals surface area contributed by atoms with Gasteiger partial charge in [-0.3, -0.25) is 19.3 Å². The maximum atomic E-state index is 12.9. The number of carbonyl (C=O) groups is 4. The number of nitrogens with one attached hydrogen (secondary N) is 2. The molecule has 0 aromatic rings. The summed E-state index contributed by atoms with van der Waals surface area (Å²) in [6.45, 7) is 7.48. The second kappa shape index (κ2) is 7.57. The van der Waals surface area contributed by atoms with Crippen molar-refractivity contribution in [1.29, 1.82) is 0 Å². The van der Waals surface area contributed by atoms with Crippen LogP contribution < -0.4 is 10.6 Å². The maximum Gasteiger partial charge on any atom is 0.325 e. The highest BCUT2D eigenvalue weighted by Crippen LogP contribution is 2.36. The minimum absolute atomic E-state index is 0.208. The average Bonchev–Trinajstić information content (AvgIpc) is 3.16. The van der Waals surface area contributed by atoms with Crippen LogP contribution in [0.25, 0.3) is 0 Å². The van der Waals surface area contributed by atoms with Crippen molar-refractivity contribution in [3.63, 3.8) is 0 Å². The Morgan fingerprint density at radius 3 is 2.50 bits per heavy atom. The molecule has 9 heteroatoms. The second-order valence-electron chi connectivity index (χ2n) is 9.20. The van der Waals surface area contributed by atoms with Gasteiger partial charge in [0.15, 0.2) is 0 Å². The summed E-state index contributed by atoms with van der Waals surface area (Å²) in [7, 11) is 0. The number of hydrogen-bond donors (Lipinski definition) is 2. The average molecular weight is 411 g/mol. The zero-order valence-electron chi connectivity index (χ0n) is 17.0. The van der Waals surface area contributed by atoms with Crippen LogP contribution in [0.2, 0.25) is 0 Å². The Bertz CT molecular complexity index is 682. The number of nitrogens with zero attached hydrogens (tertiary/aromatic N) is 2. The van der Waals surface area contributed by atoms with Crippen LogP contribution in [-0.4, -0.2) is 68.8 Å². The molecule has 1 unspecified atom stereocenters. The highest BCUT2D eigenvalue weighted by molar-refractivity contribution is 7.99. The standard InChI is InChI=1S/C19H30N4O4S/c1-12-5-7-19(8-6-12)16(26)22(17(27)21-19)9-14(24)23-11-28-10-13(23)15(25)20-18(2,3)4/h12-13H,5-11H2,1-4H3,(H,20,25)(H,21,27). The van der Waals surface area contributed by atoms with Gasteiger partial charge in [0.1, 0.15) is 18.1 Å². The van der Waals surface area contributed by atoms with Crippen molar-refractivity contribution < 1.29 is 19.2 Å². The summed E-state index contributed by atoms with van der Waals surface area (Å²) < 4.78 is 0. The smallest absolute Gasteiger partial charge is 0.325 e. The van der Waals surface area contributed by atoms with Gasteiger partial charge in [-0.05, 0) is 52.4 Å². The Hall–Kier alpha value is -1.77. The van der Waals surface area contributed by atoms with Gasteiger partial charge in [0.05, 0.1) is 5.88 Å². The molecule has 2 saturated heterocycles.